The third-order valence-electron chi connectivity index (χ3n) is 2.10. The highest BCUT2D eigenvalue weighted by Gasteiger charge is 2.03. The monoisotopic (exact) mass is 327 g/mol. The zero-order valence-electron chi connectivity index (χ0n) is 10.4. The van der Waals surface area contributed by atoms with Crippen LogP contribution in [0.5, 0.6) is 0 Å². The molecule has 98 valence electrons. The van der Waals surface area contributed by atoms with Crippen molar-refractivity contribution < 1.29 is 0 Å². The van der Waals surface area contributed by atoms with Crippen LogP contribution >= 0.6 is 27.7 Å². The van der Waals surface area contributed by atoms with E-state index in [1.54, 1.807) is 17.8 Å². The van der Waals surface area contributed by atoms with Gasteiger partial charge < -0.3 is 11.1 Å². The highest BCUT2D eigenvalue weighted by molar-refractivity contribution is 9.10. The first-order valence-electron chi connectivity index (χ1n) is 5.68. The number of thioether (sulfide) groups is 1. The third-order valence-corrected chi connectivity index (χ3v) is 3.72. The number of hydrogen-bond donors (Lipinski definition) is 2. The van der Waals surface area contributed by atoms with Gasteiger partial charge in [0.2, 0.25) is 0 Å². The smallest absolute Gasteiger partial charge is 0.188 e. The second-order valence-electron chi connectivity index (χ2n) is 3.78. The van der Waals surface area contributed by atoms with Crippen molar-refractivity contribution in [1.29, 1.82) is 0 Å². The highest BCUT2D eigenvalue weighted by atomic mass is 79.9. The van der Waals surface area contributed by atoms with Gasteiger partial charge in [-0.15, -0.1) is 18.3 Å². The van der Waals surface area contributed by atoms with E-state index in [2.05, 4.69) is 51.9 Å². The average molecular weight is 328 g/mol. The van der Waals surface area contributed by atoms with Gasteiger partial charge in [-0.05, 0) is 24.3 Å². The summed E-state index contributed by atoms with van der Waals surface area (Å²) in [4.78, 5) is 5.52. The van der Waals surface area contributed by atoms with Gasteiger partial charge in [0, 0.05) is 21.2 Å². The van der Waals surface area contributed by atoms with Crippen LogP contribution in [0.2, 0.25) is 0 Å². The van der Waals surface area contributed by atoms with E-state index in [9.17, 15) is 0 Å². The first kappa shape index (κ1) is 15.1. The number of halogens is 1. The SMILES string of the molecule is C=CCNC(N)=NCC(C)Sc1ccc(Br)cc1. The molecule has 0 aliphatic rings. The summed E-state index contributed by atoms with van der Waals surface area (Å²) in [5, 5.41) is 3.34. The van der Waals surface area contributed by atoms with Crippen LogP contribution in [0.1, 0.15) is 6.92 Å². The van der Waals surface area contributed by atoms with Crippen LogP contribution in [0, 0.1) is 0 Å². The minimum atomic E-state index is 0.384. The van der Waals surface area contributed by atoms with Crippen molar-refractivity contribution in [3.05, 3.63) is 41.4 Å². The van der Waals surface area contributed by atoms with E-state index in [-0.39, 0.29) is 0 Å². The summed E-state index contributed by atoms with van der Waals surface area (Å²) in [6.07, 6.45) is 1.75. The first-order chi connectivity index (χ1) is 8.61. The van der Waals surface area contributed by atoms with Crippen LogP contribution in [-0.2, 0) is 0 Å². The van der Waals surface area contributed by atoms with Gasteiger partial charge in [-0.3, -0.25) is 4.99 Å². The van der Waals surface area contributed by atoms with Gasteiger partial charge in [0.25, 0.3) is 0 Å². The Balaban J connectivity index is 2.39. The molecular weight excluding hydrogens is 310 g/mol. The van der Waals surface area contributed by atoms with Crippen LogP contribution in [0.15, 0.2) is 51.3 Å². The van der Waals surface area contributed by atoms with Gasteiger partial charge in [-0.1, -0.05) is 28.9 Å². The quantitative estimate of drug-likeness (QED) is 0.365. The Kier molecular flexibility index (Phi) is 6.90. The van der Waals surface area contributed by atoms with E-state index in [4.69, 9.17) is 5.73 Å². The maximum atomic E-state index is 5.70. The Morgan fingerprint density at radius 1 is 1.56 bits per heavy atom. The van der Waals surface area contributed by atoms with E-state index in [0.29, 0.717) is 24.3 Å². The van der Waals surface area contributed by atoms with Crippen molar-refractivity contribution in [1.82, 2.24) is 5.32 Å². The average Bonchev–Trinajstić information content (AvgIpc) is 2.36. The Bertz CT molecular complexity index is 403. The molecule has 0 radical (unpaired) electrons. The summed E-state index contributed by atoms with van der Waals surface area (Å²) in [6.45, 7) is 7.08. The van der Waals surface area contributed by atoms with Crippen LogP contribution in [0.4, 0.5) is 0 Å². The van der Waals surface area contributed by atoms with Crippen LogP contribution in [0.3, 0.4) is 0 Å². The Morgan fingerprint density at radius 3 is 2.83 bits per heavy atom. The van der Waals surface area contributed by atoms with Gasteiger partial charge in [-0.2, -0.15) is 0 Å². The zero-order chi connectivity index (χ0) is 13.4. The fourth-order valence-electron chi connectivity index (χ4n) is 1.24. The lowest BCUT2D eigenvalue weighted by molar-refractivity contribution is 0.918. The summed E-state index contributed by atoms with van der Waals surface area (Å²) in [6, 6.07) is 8.26. The van der Waals surface area contributed by atoms with Crippen molar-refractivity contribution >= 4 is 33.7 Å². The fourth-order valence-corrected chi connectivity index (χ4v) is 2.41. The molecule has 3 N–H and O–H groups in total. The Morgan fingerprint density at radius 2 is 2.22 bits per heavy atom. The number of nitrogens with two attached hydrogens (primary N) is 1. The van der Waals surface area contributed by atoms with Gasteiger partial charge >= 0.3 is 0 Å². The zero-order valence-corrected chi connectivity index (χ0v) is 12.8. The Hall–Kier alpha value is -0.940. The lowest BCUT2D eigenvalue weighted by Gasteiger charge is -2.09. The molecule has 0 aliphatic carbocycles. The summed E-state index contributed by atoms with van der Waals surface area (Å²) >= 11 is 5.21. The van der Waals surface area contributed by atoms with Crippen molar-refractivity contribution in [2.24, 2.45) is 10.7 Å². The maximum absolute atomic E-state index is 5.70. The molecule has 0 bridgehead atoms. The molecule has 0 saturated heterocycles. The summed E-state index contributed by atoms with van der Waals surface area (Å²) in [7, 11) is 0. The lowest BCUT2D eigenvalue weighted by atomic mass is 10.4. The van der Waals surface area contributed by atoms with Gasteiger partial charge in [-0.25, -0.2) is 0 Å². The number of nitrogens with one attached hydrogen (secondary N) is 1. The Labute approximate surface area is 121 Å². The number of aliphatic imine (C=N–C) groups is 1. The molecule has 3 nitrogen and oxygen atoms in total. The normalized spacial score (nSPS) is 13.1. The second-order valence-corrected chi connectivity index (χ2v) is 6.21. The van der Waals surface area contributed by atoms with Crippen molar-refractivity contribution in [2.75, 3.05) is 13.1 Å². The molecule has 0 aromatic heterocycles. The topological polar surface area (TPSA) is 50.4 Å². The molecule has 0 heterocycles. The number of rotatable bonds is 6. The molecule has 0 amide bonds. The molecule has 1 unspecified atom stereocenters. The molecule has 18 heavy (non-hydrogen) atoms. The first-order valence-corrected chi connectivity index (χ1v) is 7.36. The van der Waals surface area contributed by atoms with Gasteiger partial charge in [0.1, 0.15) is 0 Å². The standard InChI is InChI=1S/C13H18BrN3S/c1-3-8-16-13(15)17-9-10(2)18-12-6-4-11(14)5-7-12/h3-7,10H,1,8-9H2,2H3,(H3,15,16,17). The molecular formula is C13H18BrN3S. The molecule has 0 fully saturated rings. The van der Waals surface area contributed by atoms with Crippen LogP contribution < -0.4 is 11.1 Å². The van der Waals surface area contributed by atoms with E-state index < -0.39 is 0 Å². The minimum absolute atomic E-state index is 0.384. The molecule has 1 rings (SSSR count). The molecule has 0 aliphatic heterocycles. The maximum Gasteiger partial charge on any atom is 0.188 e. The number of hydrogen-bond acceptors (Lipinski definition) is 2. The van der Waals surface area contributed by atoms with E-state index in [0.717, 1.165) is 4.47 Å². The van der Waals surface area contributed by atoms with E-state index in [1.807, 2.05) is 12.1 Å². The van der Waals surface area contributed by atoms with Crippen LogP contribution in [-0.4, -0.2) is 24.3 Å². The molecule has 1 aromatic carbocycles. The molecule has 1 atom stereocenters. The van der Waals surface area contributed by atoms with Gasteiger partial charge in [0.05, 0.1) is 6.54 Å². The van der Waals surface area contributed by atoms with Crippen molar-refractivity contribution in [3.8, 4) is 0 Å². The molecule has 0 spiro atoms. The lowest BCUT2D eigenvalue weighted by Crippen LogP contribution is -2.32. The third kappa shape index (κ3) is 6.12. The number of benzene rings is 1. The predicted octanol–water partition coefficient (Wildman–Crippen LogP) is 3.02. The molecule has 0 saturated carbocycles. The van der Waals surface area contributed by atoms with E-state index >= 15 is 0 Å². The van der Waals surface area contributed by atoms with Crippen molar-refractivity contribution in [3.63, 3.8) is 0 Å². The fraction of sp³-hybridized carbons (Fsp3) is 0.308. The summed E-state index contributed by atoms with van der Waals surface area (Å²) < 4.78 is 1.09. The predicted molar refractivity (Wildman–Crippen MR) is 84.2 cm³/mol. The summed E-state index contributed by atoms with van der Waals surface area (Å²) in [5.41, 5.74) is 5.70. The van der Waals surface area contributed by atoms with Gasteiger partial charge in [0.15, 0.2) is 5.96 Å². The number of nitrogens with zero attached hydrogens (tertiary/aromatic N) is 1. The second kappa shape index (κ2) is 8.21. The van der Waals surface area contributed by atoms with Crippen LogP contribution in [0.25, 0.3) is 0 Å². The minimum Gasteiger partial charge on any atom is -0.370 e. The number of guanidine groups is 1. The van der Waals surface area contributed by atoms with Crippen molar-refractivity contribution in [2.45, 2.75) is 17.1 Å². The highest BCUT2D eigenvalue weighted by Crippen LogP contribution is 2.24. The molecule has 1 aromatic rings. The largest absolute Gasteiger partial charge is 0.370 e. The summed E-state index contributed by atoms with van der Waals surface area (Å²) in [5.74, 6) is 0.471. The van der Waals surface area contributed by atoms with E-state index in [1.165, 1.54) is 4.90 Å². The molecule has 5 heteroatoms.